The minimum absolute atomic E-state index is 0. The Morgan fingerprint density at radius 3 is 2.12 bits per heavy atom. The second-order valence-corrected chi connectivity index (χ2v) is 12.3. The van der Waals surface area contributed by atoms with Gasteiger partial charge in [0.15, 0.2) is 0 Å². The normalized spacial score (nSPS) is 15.6. The van der Waals surface area contributed by atoms with Crippen molar-refractivity contribution in [3.8, 4) is 11.1 Å². The summed E-state index contributed by atoms with van der Waals surface area (Å²) in [6.45, 7) is 22.9. The summed E-state index contributed by atoms with van der Waals surface area (Å²) < 4.78 is 0. The number of fused-ring (bicyclic) bond motifs is 1. The summed E-state index contributed by atoms with van der Waals surface area (Å²) in [6.07, 6.45) is 12.2. The first-order chi connectivity index (χ1) is 18.6. The Morgan fingerprint density at radius 2 is 1.60 bits per heavy atom. The third kappa shape index (κ3) is 11.6. The van der Waals surface area contributed by atoms with Gasteiger partial charge in [0, 0.05) is 11.0 Å². The fourth-order valence-electron chi connectivity index (χ4n) is 5.73. The van der Waals surface area contributed by atoms with Gasteiger partial charge in [-0.3, -0.25) is 4.79 Å². The largest absolute Gasteiger partial charge is 0.351 e. The van der Waals surface area contributed by atoms with Gasteiger partial charge in [-0.15, -0.1) is 6.58 Å². The van der Waals surface area contributed by atoms with Gasteiger partial charge in [0.2, 0.25) is 5.91 Å². The summed E-state index contributed by atoms with van der Waals surface area (Å²) in [5.41, 5.74) is 5.36. The fourth-order valence-corrected chi connectivity index (χ4v) is 5.73. The van der Waals surface area contributed by atoms with Crippen LogP contribution in [0.1, 0.15) is 138 Å². The first-order valence-corrected chi connectivity index (χ1v) is 15.7. The summed E-state index contributed by atoms with van der Waals surface area (Å²) in [4.78, 5) is 12.8. The van der Waals surface area contributed by atoms with Crippen LogP contribution in [-0.4, -0.2) is 11.4 Å². The van der Waals surface area contributed by atoms with E-state index in [9.17, 15) is 4.79 Å². The predicted octanol–water partition coefficient (Wildman–Crippen LogP) is 11.5. The molecule has 2 aromatic rings. The van der Waals surface area contributed by atoms with Crippen LogP contribution in [0.2, 0.25) is 0 Å². The lowest BCUT2D eigenvalue weighted by Crippen LogP contribution is -2.50. The highest BCUT2D eigenvalue weighted by molar-refractivity contribution is 5.83. The Balaban J connectivity index is 0.000000703. The summed E-state index contributed by atoms with van der Waals surface area (Å²) in [6, 6.07) is 17.7. The van der Waals surface area contributed by atoms with Crippen molar-refractivity contribution in [1.29, 1.82) is 0 Å². The number of rotatable bonds is 10. The lowest BCUT2D eigenvalue weighted by molar-refractivity contribution is -0.135. The van der Waals surface area contributed by atoms with Crippen molar-refractivity contribution in [2.24, 2.45) is 11.3 Å². The summed E-state index contributed by atoms with van der Waals surface area (Å²) in [7, 11) is 0. The summed E-state index contributed by atoms with van der Waals surface area (Å²) in [5, 5.41) is 3.19. The Kier molecular flexibility index (Phi) is 17.8. The number of carbonyl (C=O) groups is 1. The minimum atomic E-state index is -0.284. The van der Waals surface area contributed by atoms with Crippen molar-refractivity contribution in [3.05, 3.63) is 72.3 Å². The molecule has 0 fully saturated rings. The molecule has 0 saturated heterocycles. The maximum atomic E-state index is 12.8. The van der Waals surface area contributed by atoms with Crippen LogP contribution in [0.25, 0.3) is 11.1 Å². The molecule has 226 valence electrons. The molecule has 2 aromatic carbocycles. The van der Waals surface area contributed by atoms with E-state index in [0.29, 0.717) is 5.92 Å². The molecule has 0 bridgehead atoms. The lowest BCUT2D eigenvalue weighted by atomic mass is 9.69. The molecule has 0 heterocycles. The number of nitrogens with one attached hydrogen (secondary N) is 1. The zero-order valence-electron chi connectivity index (χ0n) is 26.8. The van der Waals surface area contributed by atoms with Gasteiger partial charge < -0.3 is 5.32 Å². The highest BCUT2D eigenvalue weighted by atomic mass is 16.2. The van der Waals surface area contributed by atoms with Gasteiger partial charge in [-0.25, -0.2) is 0 Å². The van der Waals surface area contributed by atoms with Crippen LogP contribution in [0.5, 0.6) is 0 Å². The van der Waals surface area contributed by atoms with Gasteiger partial charge in [0.25, 0.3) is 0 Å². The van der Waals surface area contributed by atoms with Crippen molar-refractivity contribution in [3.63, 3.8) is 0 Å². The summed E-state index contributed by atoms with van der Waals surface area (Å²) in [5.74, 6) is 1.40. The Morgan fingerprint density at radius 1 is 1.00 bits per heavy atom. The molecule has 2 atom stereocenters. The molecule has 40 heavy (non-hydrogen) atoms. The van der Waals surface area contributed by atoms with E-state index in [2.05, 4.69) is 88.1 Å². The molecule has 0 saturated carbocycles. The fraction of sp³-hybridized carbons (Fsp3) is 0.605. The Labute approximate surface area is 249 Å². The van der Waals surface area contributed by atoms with Gasteiger partial charge in [0.05, 0.1) is 0 Å². The molecular formula is C38H63NO. The molecule has 3 rings (SSSR count). The first kappa shape index (κ1) is 37.6. The van der Waals surface area contributed by atoms with Crippen molar-refractivity contribution >= 4 is 5.91 Å². The van der Waals surface area contributed by atoms with E-state index in [1.807, 2.05) is 40.7 Å². The van der Waals surface area contributed by atoms with Crippen LogP contribution in [-0.2, 0) is 11.2 Å². The molecule has 2 heteroatoms. The Bertz CT molecular complexity index is 965. The topological polar surface area (TPSA) is 29.1 Å². The standard InChI is InChI=1S/C18H35NO.C17H18.C2H6.CH4/c1-8-11-14-18(7,15(12-9-2)13-10-3)16(20)19-17(4,5)6;1-13-6-5-9-16-12-15(10-11-17(13)16)14-7-3-2-4-8-14;1-2;/h8,15H,1,9-14H2,2-7H3,(H,19,20);2-4,7-8,10-13H,5-6,9H2,1H3;1-2H3;1H4. The number of allylic oxidation sites excluding steroid dienone is 1. The molecule has 1 aliphatic rings. The molecule has 0 radical (unpaired) electrons. The van der Waals surface area contributed by atoms with Gasteiger partial charge in [-0.05, 0) is 99.8 Å². The average Bonchev–Trinajstić information content (AvgIpc) is 2.92. The van der Waals surface area contributed by atoms with Crippen LogP contribution in [0.4, 0.5) is 0 Å². The highest BCUT2D eigenvalue weighted by Gasteiger charge is 2.40. The number of benzene rings is 2. The number of aryl methyl sites for hydroxylation is 1. The minimum Gasteiger partial charge on any atom is -0.351 e. The third-order valence-electron chi connectivity index (χ3n) is 7.91. The monoisotopic (exact) mass is 549 g/mol. The zero-order chi connectivity index (χ0) is 29.5. The van der Waals surface area contributed by atoms with E-state index >= 15 is 0 Å². The number of hydrogen-bond acceptors (Lipinski definition) is 1. The van der Waals surface area contributed by atoms with Gasteiger partial charge >= 0.3 is 0 Å². The summed E-state index contributed by atoms with van der Waals surface area (Å²) >= 11 is 0. The van der Waals surface area contributed by atoms with Crippen molar-refractivity contribution in [2.75, 3.05) is 0 Å². The third-order valence-corrected chi connectivity index (χ3v) is 7.91. The second-order valence-electron chi connectivity index (χ2n) is 12.3. The van der Waals surface area contributed by atoms with Gasteiger partial charge in [-0.1, -0.05) is 116 Å². The highest BCUT2D eigenvalue weighted by Crippen LogP contribution is 2.39. The first-order valence-electron chi connectivity index (χ1n) is 15.7. The molecule has 1 amide bonds. The molecule has 0 aliphatic heterocycles. The zero-order valence-corrected chi connectivity index (χ0v) is 26.8. The van der Waals surface area contributed by atoms with E-state index in [4.69, 9.17) is 0 Å². The van der Waals surface area contributed by atoms with Gasteiger partial charge in [-0.2, -0.15) is 0 Å². The van der Waals surface area contributed by atoms with Crippen LogP contribution in [0.15, 0.2) is 61.2 Å². The number of hydrogen-bond donors (Lipinski definition) is 1. The molecule has 0 spiro atoms. The van der Waals surface area contributed by atoms with Crippen LogP contribution < -0.4 is 5.32 Å². The van der Waals surface area contributed by atoms with Crippen molar-refractivity contribution in [1.82, 2.24) is 5.32 Å². The molecule has 2 nitrogen and oxygen atoms in total. The van der Waals surface area contributed by atoms with Crippen molar-refractivity contribution in [2.45, 2.75) is 139 Å². The van der Waals surface area contributed by atoms with Crippen molar-refractivity contribution < 1.29 is 4.79 Å². The molecule has 1 aliphatic carbocycles. The molecular weight excluding hydrogens is 486 g/mol. The maximum absolute atomic E-state index is 12.8. The lowest BCUT2D eigenvalue weighted by Gasteiger charge is -2.39. The average molecular weight is 550 g/mol. The van der Waals surface area contributed by atoms with E-state index in [1.54, 1.807) is 11.1 Å². The smallest absolute Gasteiger partial charge is 0.226 e. The van der Waals surface area contributed by atoms with E-state index in [-0.39, 0.29) is 24.3 Å². The van der Waals surface area contributed by atoms with Crippen LogP contribution >= 0.6 is 0 Å². The maximum Gasteiger partial charge on any atom is 0.226 e. The molecule has 1 N–H and O–H groups in total. The number of amides is 1. The Hall–Kier alpha value is -2.35. The van der Waals surface area contributed by atoms with Crippen LogP contribution in [0, 0.1) is 11.3 Å². The quantitative estimate of drug-likeness (QED) is 0.293. The van der Waals surface area contributed by atoms with E-state index in [0.717, 1.165) is 44.4 Å². The predicted molar refractivity (Wildman–Crippen MR) is 180 cm³/mol. The molecule has 2 unspecified atom stereocenters. The van der Waals surface area contributed by atoms with Crippen LogP contribution in [0.3, 0.4) is 0 Å². The number of carbonyl (C=O) groups excluding carboxylic acids is 1. The SMILES string of the molecule is C.C=CCCC(C)(C(=O)NC(C)(C)C)C(CCC)CCC.CC.CC1CCCc2cc(-c3ccccc3)ccc21. The van der Waals surface area contributed by atoms with Gasteiger partial charge in [0.1, 0.15) is 0 Å². The van der Waals surface area contributed by atoms with E-state index in [1.165, 1.54) is 30.4 Å². The molecule has 0 aromatic heterocycles. The van der Waals surface area contributed by atoms with E-state index < -0.39 is 0 Å². The second kappa shape index (κ2) is 18.9.